The van der Waals surface area contributed by atoms with Gasteiger partial charge in [0.15, 0.2) is 0 Å². The Labute approximate surface area is 127 Å². The van der Waals surface area contributed by atoms with Crippen molar-refractivity contribution in [2.75, 3.05) is 13.7 Å². The van der Waals surface area contributed by atoms with E-state index >= 15 is 0 Å². The zero-order chi connectivity index (χ0) is 15.6. The number of piperazine rings is 1. The number of rotatable bonds is 7. The fourth-order valence-corrected chi connectivity index (χ4v) is 3.33. The average Bonchev–Trinajstić information content (AvgIpc) is 3.24. The molecule has 0 aromatic carbocycles. The first-order valence-electron chi connectivity index (χ1n) is 8.12. The summed E-state index contributed by atoms with van der Waals surface area (Å²) in [6.45, 7) is 6.59. The predicted molar refractivity (Wildman–Crippen MR) is 80.7 cm³/mol. The summed E-state index contributed by atoms with van der Waals surface area (Å²) in [4.78, 5) is 27.2. The minimum absolute atomic E-state index is 0.00120. The van der Waals surface area contributed by atoms with Crippen LogP contribution in [0.25, 0.3) is 0 Å². The SMILES string of the molecule is CCCC(COC)N1C(=O)C(C2CC2)NC(=O)C1C(C)C. The molecule has 0 aromatic heterocycles. The first-order valence-corrected chi connectivity index (χ1v) is 8.12. The van der Waals surface area contributed by atoms with Gasteiger partial charge in [-0.1, -0.05) is 27.2 Å². The molecule has 0 spiro atoms. The van der Waals surface area contributed by atoms with E-state index in [1.54, 1.807) is 7.11 Å². The molecule has 21 heavy (non-hydrogen) atoms. The normalized spacial score (nSPS) is 28.0. The number of methoxy groups -OCH3 is 1. The van der Waals surface area contributed by atoms with E-state index in [4.69, 9.17) is 4.74 Å². The maximum atomic E-state index is 12.9. The molecule has 1 heterocycles. The fourth-order valence-electron chi connectivity index (χ4n) is 3.33. The van der Waals surface area contributed by atoms with Crippen LogP contribution in [-0.2, 0) is 14.3 Å². The second-order valence-electron chi connectivity index (χ2n) is 6.66. The lowest BCUT2D eigenvalue weighted by Gasteiger charge is -2.45. The Morgan fingerprint density at radius 2 is 2.00 bits per heavy atom. The van der Waals surface area contributed by atoms with Crippen molar-refractivity contribution in [3.63, 3.8) is 0 Å². The van der Waals surface area contributed by atoms with Crippen molar-refractivity contribution in [2.24, 2.45) is 11.8 Å². The van der Waals surface area contributed by atoms with E-state index in [0.29, 0.717) is 12.5 Å². The van der Waals surface area contributed by atoms with Crippen molar-refractivity contribution in [1.82, 2.24) is 10.2 Å². The smallest absolute Gasteiger partial charge is 0.246 e. The molecule has 1 aliphatic heterocycles. The van der Waals surface area contributed by atoms with Gasteiger partial charge in [0.1, 0.15) is 12.1 Å². The molecular weight excluding hydrogens is 268 g/mol. The molecule has 5 heteroatoms. The molecule has 3 unspecified atom stereocenters. The first kappa shape index (κ1) is 16.3. The van der Waals surface area contributed by atoms with Crippen LogP contribution in [0.4, 0.5) is 0 Å². The van der Waals surface area contributed by atoms with Crippen molar-refractivity contribution < 1.29 is 14.3 Å². The van der Waals surface area contributed by atoms with Gasteiger partial charge in [-0.05, 0) is 31.1 Å². The van der Waals surface area contributed by atoms with Crippen LogP contribution in [0.3, 0.4) is 0 Å². The van der Waals surface area contributed by atoms with Gasteiger partial charge in [0, 0.05) is 7.11 Å². The van der Waals surface area contributed by atoms with Crippen LogP contribution in [0, 0.1) is 11.8 Å². The largest absolute Gasteiger partial charge is 0.383 e. The molecule has 2 amide bonds. The summed E-state index contributed by atoms with van der Waals surface area (Å²) in [6.07, 6.45) is 3.92. The van der Waals surface area contributed by atoms with Gasteiger partial charge in [-0.3, -0.25) is 9.59 Å². The molecule has 0 bridgehead atoms. The summed E-state index contributed by atoms with van der Waals surface area (Å²) < 4.78 is 5.31. The van der Waals surface area contributed by atoms with Crippen LogP contribution in [0.1, 0.15) is 46.5 Å². The van der Waals surface area contributed by atoms with Crippen molar-refractivity contribution in [3.05, 3.63) is 0 Å². The third-order valence-electron chi connectivity index (χ3n) is 4.49. The summed E-state index contributed by atoms with van der Waals surface area (Å²) in [7, 11) is 1.65. The van der Waals surface area contributed by atoms with Crippen LogP contribution in [-0.4, -0.2) is 48.6 Å². The minimum Gasteiger partial charge on any atom is -0.383 e. The number of ether oxygens (including phenoxy) is 1. The number of carbonyl (C=O) groups is 2. The highest BCUT2D eigenvalue weighted by Gasteiger charge is 2.49. The summed E-state index contributed by atoms with van der Waals surface area (Å²) in [5.41, 5.74) is 0. The van der Waals surface area contributed by atoms with Crippen LogP contribution in [0.15, 0.2) is 0 Å². The Balaban J connectivity index is 2.27. The third kappa shape index (κ3) is 3.39. The van der Waals surface area contributed by atoms with Crippen molar-refractivity contribution in [1.29, 1.82) is 0 Å². The van der Waals surface area contributed by atoms with Crippen LogP contribution in [0.2, 0.25) is 0 Å². The van der Waals surface area contributed by atoms with E-state index in [1.165, 1.54) is 0 Å². The Kier molecular flexibility index (Phi) is 5.25. The maximum absolute atomic E-state index is 12.9. The molecule has 3 atom stereocenters. The molecule has 2 fully saturated rings. The van der Waals surface area contributed by atoms with Crippen LogP contribution < -0.4 is 5.32 Å². The van der Waals surface area contributed by atoms with Crippen molar-refractivity contribution in [3.8, 4) is 0 Å². The molecule has 1 N–H and O–H groups in total. The lowest BCUT2D eigenvalue weighted by molar-refractivity contribution is -0.156. The zero-order valence-corrected chi connectivity index (χ0v) is 13.6. The van der Waals surface area contributed by atoms with Gasteiger partial charge >= 0.3 is 0 Å². The standard InChI is InChI=1S/C16H28N2O3/c1-5-6-12(9-21-4)18-14(10(2)3)15(19)17-13(16(18)20)11-7-8-11/h10-14H,5-9H2,1-4H3,(H,17,19). The number of nitrogens with zero attached hydrogens (tertiary/aromatic N) is 1. The summed E-state index contributed by atoms with van der Waals surface area (Å²) >= 11 is 0. The molecule has 1 saturated carbocycles. The lowest BCUT2D eigenvalue weighted by atomic mass is 9.92. The lowest BCUT2D eigenvalue weighted by Crippen LogP contribution is -2.68. The number of nitrogens with one attached hydrogen (secondary N) is 1. The number of carbonyl (C=O) groups excluding carboxylic acids is 2. The average molecular weight is 296 g/mol. The predicted octanol–water partition coefficient (Wildman–Crippen LogP) is 1.56. The van der Waals surface area contributed by atoms with Gasteiger partial charge in [0.2, 0.25) is 11.8 Å². The van der Waals surface area contributed by atoms with Crippen molar-refractivity contribution >= 4 is 11.8 Å². The van der Waals surface area contributed by atoms with E-state index in [2.05, 4.69) is 12.2 Å². The number of hydrogen-bond donors (Lipinski definition) is 1. The second kappa shape index (κ2) is 6.77. The van der Waals surface area contributed by atoms with E-state index < -0.39 is 0 Å². The maximum Gasteiger partial charge on any atom is 0.246 e. The monoisotopic (exact) mass is 296 g/mol. The van der Waals surface area contributed by atoms with Crippen LogP contribution in [0.5, 0.6) is 0 Å². The Morgan fingerprint density at radius 1 is 1.33 bits per heavy atom. The van der Waals surface area contributed by atoms with Gasteiger partial charge in [-0.25, -0.2) is 0 Å². The molecule has 2 rings (SSSR count). The quantitative estimate of drug-likeness (QED) is 0.775. The fraction of sp³-hybridized carbons (Fsp3) is 0.875. The highest BCUT2D eigenvalue weighted by molar-refractivity contribution is 5.97. The molecule has 1 saturated heterocycles. The molecule has 2 aliphatic rings. The van der Waals surface area contributed by atoms with Gasteiger partial charge in [0.25, 0.3) is 0 Å². The Hall–Kier alpha value is -1.10. The number of amides is 2. The van der Waals surface area contributed by atoms with E-state index in [1.807, 2.05) is 18.7 Å². The molecule has 1 aliphatic carbocycles. The summed E-state index contributed by atoms with van der Waals surface area (Å²) in [5, 5.41) is 2.96. The topological polar surface area (TPSA) is 58.6 Å². The van der Waals surface area contributed by atoms with E-state index in [9.17, 15) is 9.59 Å². The summed E-state index contributed by atoms with van der Waals surface area (Å²) in [5.74, 6) is 0.525. The first-order chi connectivity index (χ1) is 10.0. The number of hydrogen-bond acceptors (Lipinski definition) is 3. The zero-order valence-electron chi connectivity index (χ0n) is 13.6. The molecule has 120 valence electrons. The van der Waals surface area contributed by atoms with Gasteiger partial charge in [-0.15, -0.1) is 0 Å². The van der Waals surface area contributed by atoms with E-state index in [0.717, 1.165) is 25.7 Å². The van der Waals surface area contributed by atoms with Gasteiger partial charge in [-0.2, -0.15) is 0 Å². The highest BCUT2D eigenvalue weighted by Crippen LogP contribution is 2.36. The highest BCUT2D eigenvalue weighted by atomic mass is 16.5. The summed E-state index contributed by atoms with van der Waals surface area (Å²) in [6, 6.07) is -0.699. The minimum atomic E-state index is -0.376. The van der Waals surface area contributed by atoms with E-state index in [-0.39, 0.29) is 35.9 Å². The molecular formula is C16H28N2O3. The van der Waals surface area contributed by atoms with Crippen LogP contribution >= 0.6 is 0 Å². The Bertz CT molecular complexity index is 387. The van der Waals surface area contributed by atoms with Gasteiger partial charge in [0.05, 0.1) is 12.6 Å². The molecule has 0 radical (unpaired) electrons. The second-order valence-corrected chi connectivity index (χ2v) is 6.66. The molecule has 0 aromatic rings. The van der Waals surface area contributed by atoms with Gasteiger partial charge < -0.3 is 15.0 Å². The van der Waals surface area contributed by atoms with Crippen molar-refractivity contribution in [2.45, 2.75) is 64.6 Å². The molecule has 5 nitrogen and oxygen atoms in total. The Morgan fingerprint density at radius 3 is 2.48 bits per heavy atom. The third-order valence-corrected chi connectivity index (χ3v) is 4.49.